The van der Waals surface area contributed by atoms with Gasteiger partial charge in [0.1, 0.15) is 11.2 Å². The second-order valence-corrected chi connectivity index (χ2v) is 9.78. The summed E-state index contributed by atoms with van der Waals surface area (Å²) in [7, 11) is 0. The van der Waals surface area contributed by atoms with Crippen molar-refractivity contribution in [3.63, 3.8) is 0 Å². The maximum absolute atomic E-state index is 13.4. The first-order valence-corrected chi connectivity index (χ1v) is 12.6. The van der Waals surface area contributed by atoms with Crippen molar-refractivity contribution in [1.29, 1.82) is 0 Å². The molecule has 39 heavy (non-hydrogen) atoms. The van der Waals surface area contributed by atoms with Gasteiger partial charge in [-0.15, -0.1) is 0 Å². The van der Waals surface area contributed by atoms with Crippen LogP contribution in [0.15, 0.2) is 71.4 Å². The van der Waals surface area contributed by atoms with Crippen LogP contribution in [0, 0.1) is 12.9 Å². The fourth-order valence-electron chi connectivity index (χ4n) is 4.54. The number of nitrogens with zero attached hydrogens (tertiary/aromatic N) is 4. The van der Waals surface area contributed by atoms with E-state index in [-0.39, 0.29) is 18.0 Å². The van der Waals surface area contributed by atoms with Gasteiger partial charge in [-0.05, 0) is 42.7 Å². The first kappa shape index (κ1) is 24.7. The highest BCUT2D eigenvalue weighted by atomic mass is 35.5. The van der Waals surface area contributed by atoms with Crippen LogP contribution >= 0.6 is 11.6 Å². The van der Waals surface area contributed by atoms with Gasteiger partial charge in [0.2, 0.25) is 23.6 Å². The quantitative estimate of drug-likeness (QED) is 0.286. The molecule has 11 heteroatoms. The topological polar surface area (TPSA) is 115 Å². The summed E-state index contributed by atoms with van der Waals surface area (Å²) in [4.78, 5) is 33.3. The van der Waals surface area contributed by atoms with Crippen LogP contribution in [0.25, 0.3) is 28.1 Å². The second-order valence-electron chi connectivity index (χ2n) is 9.40. The van der Waals surface area contributed by atoms with E-state index in [1.165, 1.54) is 12.3 Å². The highest BCUT2D eigenvalue weighted by Gasteiger charge is 2.51. The van der Waals surface area contributed by atoms with Crippen molar-refractivity contribution >= 4 is 34.3 Å². The van der Waals surface area contributed by atoms with Gasteiger partial charge in [-0.1, -0.05) is 47.1 Å². The number of para-hydroxylation sites is 1. The molecule has 3 aromatic heterocycles. The molecule has 0 aliphatic heterocycles. The van der Waals surface area contributed by atoms with Gasteiger partial charge in [0.15, 0.2) is 0 Å². The zero-order valence-electron chi connectivity index (χ0n) is 20.7. The Hall–Kier alpha value is -4.57. The Labute approximate surface area is 227 Å². The van der Waals surface area contributed by atoms with Gasteiger partial charge < -0.3 is 19.7 Å². The number of halogens is 2. The van der Waals surface area contributed by atoms with Gasteiger partial charge in [-0.25, -0.2) is 4.98 Å². The smallest absolute Gasteiger partial charge is 0.252 e. The van der Waals surface area contributed by atoms with E-state index in [1.54, 1.807) is 6.92 Å². The molecule has 9 nitrogen and oxygen atoms in total. The number of carbonyl (C=O) groups excluding carboxylic acids is 2. The molecule has 0 saturated heterocycles. The van der Waals surface area contributed by atoms with E-state index < -0.39 is 17.4 Å². The van der Waals surface area contributed by atoms with E-state index in [0.717, 1.165) is 28.2 Å². The molecule has 5 aromatic rings. The number of nitrogens with one attached hydrogen (secondary N) is 2. The highest BCUT2D eigenvalue weighted by Crippen LogP contribution is 2.39. The number of fused-ring (bicyclic) bond motifs is 1. The zero-order chi connectivity index (χ0) is 27.1. The Morgan fingerprint density at radius 1 is 1.13 bits per heavy atom. The summed E-state index contributed by atoms with van der Waals surface area (Å²) < 4.78 is 20.6. The van der Waals surface area contributed by atoms with Crippen LogP contribution in [0.3, 0.4) is 0 Å². The number of carbonyl (C=O) groups is 2. The standard InChI is InChI=1S/C28H22ClFN6O3/c1-16-33-25(35-39-16)24-23(29)20-4-2-3-5-21(20)36(24)19-8-6-17(7-9-19)15-32-27(38)28(11-12-28)34-26(37)18-10-13-31-22(30)14-18/h2-10,13-14H,11-12,15H2,1H3,(H,32,38)(H,34,37). The van der Waals surface area contributed by atoms with E-state index in [2.05, 4.69) is 25.8 Å². The van der Waals surface area contributed by atoms with Crippen LogP contribution in [0.5, 0.6) is 0 Å². The summed E-state index contributed by atoms with van der Waals surface area (Å²) in [5.74, 6) is -0.737. The number of hydrogen-bond donors (Lipinski definition) is 2. The minimum atomic E-state index is -0.991. The van der Waals surface area contributed by atoms with Crippen molar-refractivity contribution < 1.29 is 18.5 Å². The van der Waals surface area contributed by atoms with Crippen molar-refractivity contribution in [2.45, 2.75) is 31.8 Å². The number of pyridine rings is 1. The molecule has 1 fully saturated rings. The summed E-state index contributed by atoms with van der Waals surface area (Å²) in [5.41, 5.74) is 2.34. The maximum atomic E-state index is 13.4. The molecule has 2 N–H and O–H groups in total. The highest BCUT2D eigenvalue weighted by molar-refractivity contribution is 6.38. The van der Waals surface area contributed by atoms with Gasteiger partial charge in [-0.2, -0.15) is 9.37 Å². The van der Waals surface area contributed by atoms with Gasteiger partial charge in [0.05, 0.1) is 10.5 Å². The van der Waals surface area contributed by atoms with E-state index in [1.807, 2.05) is 53.1 Å². The fourth-order valence-corrected chi connectivity index (χ4v) is 4.87. The molecule has 1 aliphatic carbocycles. The molecule has 196 valence electrons. The molecule has 0 bridgehead atoms. The van der Waals surface area contributed by atoms with E-state index in [9.17, 15) is 14.0 Å². The van der Waals surface area contributed by atoms with Crippen LogP contribution in [0.4, 0.5) is 4.39 Å². The van der Waals surface area contributed by atoms with Crippen LogP contribution in [0.2, 0.25) is 5.02 Å². The lowest BCUT2D eigenvalue weighted by Gasteiger charge is -2.17. The van der Waals surface area contributed by atoms with Crippen molar-refractivity contribution in [3.05, 3.63) is 94.8 Å². The zero-order valence-corrected chi connectivity index (χ0v) is 21.5. The molecule has 3 heterocycles. The fraction of sp³-hybridized carbons (Fsp3) is 0.179. The number of aryl methyl sites for hydroxylation is 1. The largest absolute Gasteiger partial charge is 0.350 e. The SMILES string of the molecule is Cc1nc(-c2c(Cl)c3ccccc3n2-c2ccc(CNC(=O)C3(NC(=O)c4ccnc(F)c4)CC3)cc2)no1. The Kier molecular flexibility index (Phi) is 6.11. The van der Waals surface area contributed by atoms with Crippen molar-refractivity contribution in [1.82, 2.24) is 30.3 Å². The summed E-state index contributed by atoms with van der Waals surface area (Å²) in [5, 5.41) is 11.1. The normalized spacial score (nSPS) is 13.8. The Morgan fingerprint density at radius 2 is 1.90 bits per heavy atom. The van der Waals surface area contributed by atoms with Crippen molar-refractivity contribution in [2.24, 2.45) is 0 Å². The molecular weight excluding hydrogens is 523 g/mol. The van der Waals surface area contributed by atoms with Crippen LogP contribution in [0.1, 0.15) is 34.7 Å². The molecule has 6 rings (SSSR count). The van der Waals surface area contributed by atoms with E-state index in [0.29, 0.717) is 35.3 Å². The molecule has 2 amide bonds. The van der Waals surface area contributed by atoms with Crippen LogP contribution in [-0.4, -0.2) is 37.0 Å². The molecule has 0 atom stereocenters. The average molecular weight is 545 g/mol. The molecule has 0 spiro atoms. The lowest BCUT2D eigenvalue weighted by molar-refractivity contribution is -0.124. The third kappa shape index (κ3) is 4.63. The molecule has 0 unspecified atom stereocenters. The molecule has 1 saturated carbocycles. The van der Waals surface area contributed by atoms with E-state index >= 15 is 0 Å². The third-order valence-corrected chi connectivity index (χ3v) is 7.11. The molecule has 0 radical (unpaired) electrons. The summed E-state index contributed by atoms with van der Waals surface area (Å²) in [6.45, 7) is 1.99. The number of benzene rings is 2. The second kappa shape index (κ2) is 9.63. The van der Waals surface area contributed by atoms with Gasteiger partial charge in [0.25, 0.3) is 5.91 Å². The first-order valence-electron chi connectivity index (χ1n) is 12.3. The van der Waals surface area contributed by atoms with Crippen molar-refractivity contribution in [2.75, 3.05) is 0 Å². The van der Waals surface area contributed by atoms with Gasteiger partial charge in [0, 0.05) is 42.4 Å². The number of aromatic nitrogens is 4. The predicted octanol–water partition coefficient (Wildman–Crippen LogP) is 4.76. The van der Waals surface area contributed by atoms with Gasteiger partial charge in [-0.3, -0.25) is 9.59 Å². The molecular formula is C28H22ClFN6O3. The first-order chi connectivity index (χ1) is 18.8. The summed E-state index contributed by atoms with van der Waals surface area (Å²) >= 11 is 6.76. The van der Waals surface area contributed by atoms with Crippen molar-refractivity contribution in [3.8, 4) is 17.2 Å². The third-order valence-electron chi connectivity index (χ3n) is 6.73. The lowest BCUT2D eigenvalue weighted by Crippen LogP contribution is -2.48. The number of rotatable bonds is 7. The van der Waals surface area contributed by atoms with Crippen LogP contribution < -0.4 is 10.6 Å². The van der Waals surface area contributed by atoms with Crippen LogP contribution in [-0.2, 0) is 11.3 Å². The summed E-state index contributed by atoms with van der Waals surface area (Å²) in [6.07, 6.45) is 2.23. The Morgan fingerprint density at radius 3 is 2.59 bits per heavy atom. The Bertz CT molecular complexity index is 1730. The number of amides is 2. The molecule has 1 aliphatic rings. The number of hydrogen-bond acceptors (Lipinski definition) is 6. The summed E-state index contributed by atoms with van der Waals surface area (Å²) in [6, 6.07) is 17.9. The average Bonchev–Trinajstić information content (AvgIpc) is 3.51. The maximum Gasteiger partial charge on any atom is 0.252 e. The molecule has 2 aromatic carbocycles. The monoisotopic (exact) mass is 544 g/mol. The van der Waals surface area contributed by atoms with Gasteiger partial charge >= 0.3 is 0 Å². The Balaban J connectivity index is 1.19. The van der Waals surface area contributed by atoms with E-state index in [4.69, 9.17) is 16.1 Å². The minimum absolute atomic E-state index is 0.116. The minimum Gasteiger partial charge on any atom is -0.350 e. The predicted molar refractivity (Wildman–Crippen MR) is 142 cm³/mol. The lowest BCUT2D eigenvalue weighted by atomic mass is 10.1.